The van der Waals surface area contributed by atoms with Gasteiger partial charge in [-0.1, -0.05) is 35.9 Å². The Morgan fingerprint density at radius 3 is 2.14 bits per heavy atom. The van der Waals surface area contributed by atoms with E-state index < -0.39 is 5.97 Å². The standard InChI is InChI=1S/C22H16ClNO4/c23-16-3-1-2-4-17(16)28-22(27)12-7-9-15(10-8-12)24-20(25)18-13-5-6-14(11-13)19(18)21(24)26/h1-10,13-14,18-19H,11H2/t13-,14-,18+,19+/m0/s1. The number of carbonyl (C=O) groups excluding carboxylic acids is 3. The molecule has 2 amide bonds. The Morgan fingerprint density at radius 1 is 0.929 bits per heavy atom. The van der Waals surface area contributed by atoms with Crippen molar-refractivity contribution < 1.29 is 19.1 Å². The number of anilines is 1. The van der Waals surface area contributed by atoms with Gasteiger partial charge in [0.1, 0.15) is 5.75 Å². The molecule has 0 N–H and O–H groups in total. The monoisotopic (exact) mass is 393 g/mol. The second-order valence-electron chi connectivity index (χ2n) is 7.38. The lowest BCUT2D eigenvalue weighted by atomic mass is 9.85. The van der Waals surface area contributed by atoms with Gasteiger partial charge in [0.2, 0.25) is 11.8 Å². The first kappa shape index (κ1) is 17.2. The molecule has 28 heavy (non-hydrogen) atoms. The van der Waals surface area contributed by atoms with Crippen LogP contribution in [0.1, 0.15) is 16.8 Å². The van der Waals surface area contributed by atoms with Crippen LogP contribution in [-0.4, -0.2) is 17.8 Å². The fourth-order valence-corrected chi connectivity index (χ4v) is 4.76. The van der Waals surface area contributed by atoms with Gasteiger partial charge in [-0.3, -0.25) is 14.5 Å². The third-order valence-corrected chi connectivity index (χ3v) is 6.18. The number of fused-ring (bicyclic) bond motifs is 5. The van der Waals surface area contributed by atoms with E-state index in [4.69, 9.17) is 16.3 Å². The van der Waals surface area contributed by atoms with Crippen molar-refractivity contribution in [1.82, 2.24) is 0 Å². The number of para-hydroxylation sites is 1. The van der Waals surface area contributed by atoms with E-state index in [9.17, 15) is 14.4 Å². The highest BCUT2D eigenvalue weighted by atomic mass is 35.5. The van der Waals surface area contributed by atoms with Crippen LogP contribution in [0.15, 0.2) is 60.7 Å². The number of ether oxygens (including phenoxy) is 1. The molecule has 6 heteroatoms. The minimum Gasteiger partial charge on any atom is -0.421 e. The molecule has 0 spiro atoms. The maximum atomic E-state index is 12.9. The number of allylic oxidation sites excluding steroid dienone is 2. The van der Waals surface area contributed by atoms with Crippen molar-refractivity contribution in [2.45, 2.75) is 6.42 Å². The molecule has 0 unspecified atom stereocenters. The van der Waals surface area contributed by atoms with E-state index in [0.717, 1.165) is 6.42 Å². The Morgan fingerprint density at radius 2 is 1.54 bits per heavy atom. The summed E-state index contributed by atoms with van der Waals surface area (Å²) >= 11 is 6.01. The zero-order valence-electron chi connectivity index (χ0n) is 14.7. The number of imide groups is 1. The summed E-state index contributed by atoms with van der Waals surface area (Å²) in [4.78, 5) is 39.3. The molecule has 2 aromatic carbocycles. The zero-order chi connectivity index (χ0) is 19.4. The minimum atomic E-state index is -0.558. The molecule has 3 aliphatic rings. The Hall–Kier alpha value is -2.92. The Kier molecular flexibility index (Phi) is 3.88. The van der Waals surface area contributed by atoms with Crippen LogP contribution in [0.4, 0.5) is 5.69 Å². The highest BCUT2D eigenvalue weighted by Crippen LogP contribution is 2.53. The number of carbonyl (C=O) groups is 3. The van der Waals surface area contributed by atoms with Crippen molar-refractivity contribution in [1.29, 1.82) is 0 Å². The summed E-state index contributed by atoms with van der Waals surface area (Å²) < 4.78 is 5.31. The van der Waals surface area contributed by atoms with Crippen molar-refractivity contribution in [2.75, 3.05) is 4.90 Å². The third-order valence-electron chi connectivity index (χ3n) is 5.87. The van der Waals surface area contributed by atoms with Gasteiger partial charge < -0.3 is 4.74 Å². The zero-order valence-corrected chi connectivity index (χ0v) is 15.5. The van der Waals surface area contributed by atoms with Crippen molar-refractivity contribution in [3.05, 3.63) is 71.3 Å². The first-order chi connectivity index (χ1) is 13.5. The molecule has 4 atom stereocenters. The van der Waals surface area contributed by atoms with Crippen LogP contribution in [0.25, 0.3) is 0 Å². The average molecular weight is 394 g/mol. The van der Waals surface area contributed by atoms with Crippen molar-refractivity contribution >= 4 is 35.1 Å². The summed E-state index contributed by atoms with van der Waals surface area (Å²) in [5.41, 5.74) is 0.794. The van der Waals surface area contributed by atoms with E-state index in [1.165, 1.54) is 4.90 Å². The average Bonchev–Trinajstić information content (AvgIpc) is 3.38. The smallest absolute Gasteiger partial charge is 0.343 e. The van der Waals surface area contributed by atoms with E-state index >= 15 is 0 Å². The lowest BCUT2D eigenvalue weighted by Crippen LogP contribution is -2.32. The van der Waals surface area contributed by atoms with Crippen LogP contribution < -0.4 is 9.64 Å². The lowest BCUT2D eigenvalue weighted by molar-refractivity contribution is -0.123. The van der Waals surface area contributed by atoms with E-state index in [0.29, 0.717) is 16.3 Å². The number of benzene rings is 2. The van der Waals surface area contributed by atoms with Gasteiger partial charge in [-0.15, -0.1) is 0 Å². The van der Waals surface area contributed by atoms with Crippen LogP contribution in [-0.2, 0) is 9.59 Å². The highest BCUT2D eigenvalue weighted by Gasteiger charge is 2.59. The van der Waals surface area contributed by atoms with Crippen molar-refractivity contribution in [2.24, 2.45) is 23.7 Å². The maximum absolute atomic E-state index is 12.9. The van der Waals surface area contributed by atoms with E-state index in [1.54, 1.807) is 48.5 Å². The number of hydrogen-bond donors (Lipinski definition) is 0. The molecular weight excluding hydrogens is 378 g/mol. The van der Waals surface area contributed by atoms with Gasteiger partial charge in [0.25, 0.3) is 0 Å². The predicted molar refractivity (Wildman–Crippen MR) is 103 cm³/mol. The number of rotatable bonds is 3. The second kappa shape index (κ2) is 6.31. The largest absolute Gasteiger partial charge is 0.421 e. The number of halogens is 1. The van der Waals surface area contributed by atoms with Gasteiger partial charge in [0, 0.05) is 0 Å². The Bertz CT molecular complexity index is 999. The fourth-order valence-electron chi connectivity index (χ4n) is 4.59. The predicted octanol–water partition coefficient (Wildman–Crippen LogP) is 3.87. The SMILES string of the molecule is O=C(Oc1ccccc1Cl)c1ccc(N2C(=O)[C@H]3[C@H](C2=O)[C@H]2C=C[C@H]3C2)cc1. The molecular formula is C22H16ClNO4. The Labute approximate surface area is 166 Å². The minimum absolute atomic E-state index is 0.141. The molecule has 5 rings (SSSR count). The summed E-state index contributed by atoms with van der Waals surface area (Å²) in [6.45, 7) is 0. The molecule has 140 valence electrons. The van der Waals surface area contributed by atoms with Gasteiger partial charge in [0.05, 0.1) is 28.1 Å². The molecule has 2 bridgehead atoms. The normalized spacial score (nSPS) is 27.4. The van der Waals surface area contributed by atoms with E-state index in [1.807, 2.05) is 0 Å². The molecule has 2 aliphatic carbocycles. The van der Waals surface area contributed by atoms with Crippen LogP contribution in [0.3, 0.4) is 0 Å². The summed E-state index contributed by atoms with van der Waals surface area (Å²) in [5, 5.41) is 0.343. The molecule has 0 radical (unpaired) electrons. The van der Waals surface area contributed by atoms with Crippen LogP contribution in [0.5, 0.6) is 5.75 Å². The number of nitrogens with zero attached hydrogens (tertiary/aromatic N) is 1. The molecule has 0 aromatic heterocycles. The van der Waals surface area contributed by atoms with Gasteiger partial charge >= 0.3 is 5.97 Å². The van der Waals surface area contributed by atoms with Crippen LogP contribution >= 0.6 is 11.6 Å². The van der Waals surface area contributed by atoms with Gasteiger partial charge in [-0.05, 0) is 54.7 Å². The van der Waals surface area contributed by atoms with Gasteiger partial charge in [-0.25, -0.2) is 4.79 Å². The second-order valence-corrected chi connectivity index (χ2v) is 7.79. The topological polar surface area (TPSA) is 63.7 Å². The molecule has 2 fully saturated rings. The van der Waals surface area contributed by atoms with E-state index in [2.05, 4.69) is 12.2 Å². The summed E-state index contributed by atoms with van der Waals surface area (Å²) in [5.74, 6) is -0.712. The first-order valence-electron chi connectivity index (χ1n) is 9.17. The Balaban J connectivity index is 1.36. The summed E-state index contributed by atoms with van der Waals surface area (Å²) in [7, 11) is 0. The lowest BCUT2D eigenvalue weighted by Gasteiger charge is -2.17. The number of hydrogen-bond acceptors (Lipinski definition) is 4. The molecule has 1 saturated heterocycles. The van der Waals surface area contributed by atoms with Crippen LogP contribution in [0, 0.1) is 23.7 Å². The molecule has 2 aromatic rings. The summed E-state index contributed by atoms with van der Waals surface area (Å²) in [6, 6.07) is 13.0. The molecule has 5 nitrogen and oxygen atoms in total. The summed E-state index contributed by atoms with van der Waals surface area (Å²) in [6.07, 6.45) is 5.02. The maximum Gasteiger partial charge on any atom is 0.343 e. The fraction of sp³-hybridized carbons (Fsp3) is 0.227. The quantitative estimate of drug-likeness (QED) is 0.343. The molecule has 1 heterocycles. The molecule has 1 aliphatic heterocycles. The van der Waals surface area contributed by atoms with Crippen molar-refractivity contribution in [3.8, 4) is 5.75 Å². The van der Waals surface area contributed by atoms with Crippen LogP contribution in [0.2, 0.25) is 5.02 Å². The number of esters is 1. The first-order valence-corrected chi connectivity index (χ1v) is 9.55. The third kappa shape index (κ3) is 2.50. The molecule has 1 saturated carbocycles. The van der Waals surface area contributed by atoms with Crippen molar-refractivity contribution in [3.63, 3.8) is 0 Å². The highest BCUT2D eigenvalue weighted by molar-refractivity contribution is 6.32. The number of amides is 2. The van der Waals surface area contributed by atoms with Gasteiger partial charge in [-0.2, -0.15) is 0 Å². The van der Waals surface area contributed by atoms with Gasteiger partial charge in [0.15, 0.2) is 0 Å². The van der Waals surface area contributed by atoms with E-state index in [-0.39, 0.29) is 41.2 Å².